The van der Waals surface area contributed by atoms with Gasteiger partial charge in [0.15, 0.2) is 0 Å². The summed E-state index contributed by atoms with van der Waals surface area (Å²) >= 11 is 0. The molecule has 2 aromatic rings. The van der Waals surface area contributed by atoms with Crippen molar-refractivity contribution < 1.29 is 4.79 Å². The molecule has 2 rings (SSSR count). The van der Waals surface area contributed by atoms with E-state index in [1.54, 1.807) is 6.92 Å². The van der Waals surface area contributed by atoms with Crippen molar-refractivity contribution in [3.63, 3.8) is 0 Å². The minimum atomic E-state index is -1.00. The lowest BCUT2D eigenvalue weighted by molar-refractivity contribution is -0.120. The van der Waals surface area contributed by atoms with Crippen LogP contribution in [0.1, 0.15) is 26.7 Å². The maximum atomic E-state index is 12.2. The van der Waals surface area contributed by atoms with Crippen molar-refractivity contribution in [3.05, 3.63) is 33.1 Å². The highest BCUT2D eigenvalue weighted by molar-refractivity contribution is 5.98. The molecule has 0 spiro atoms. The highest BCUT2D eigenvalue weighted by Gasteiger charge is 2.27. The van der Waals surface area contributed by atoms with Crippen molar-refractivity contribution in [2.75, 3.05) is 5.32 Å². The van der Waals surface area contributed by atoms with Crippen molar-refractivity contribution in [2.24, 2.45) is 19.8 Å². The van der Waals surface area contributed by atoms with Gasteiger partial charge in [0, 0.05) is 14.1 Å². The maximum absolute atomic E-state index is 12.2. The Labute approximate surface area is 157 Å². The molecule has 0 saturated heterocycles. The van der Waals surface area contributed by atoms with Gasteiger partial charge in [-0.2, -0.15) is 0 Å². The summed E-state index contributed by atoms with van der Waals surface area (Å²) in [5.74, 6) is -0.345. The highest BCUT2D eigenvalue weighted by atomic mass is 35.5. The predicted molar refractivity (Wildman–Crippen MR) is 103 cm³/mol. The molecule has 0 aromatic carbocycles. The highest BCUT2D eigenvalue weighted by Crippen LogP contribution is 2.15. The fourth-order valence-electron chi connectivity index (χ4n) is 2.44. The molecule has 0 saturated carbocycles. The average molecular weight is 392 g/mol. The first-order valence-electron chi connectivity index (χ1n) is 7.35. The third kappa shape index (κ3) is 4.39. The Hall–Kier alpha value is -1.90. The Morgan fingerprint density at radius 1 is 1.28 bits per heavy atom. The summed E-state index contributed by atoms with van der Waals surface area (Å²) in [6.07, 6.45) is 2.72. The number of anilines is 1. The fourth-order valence-corrected chi connectivity index (χ4v) is 2.44. The molecule has 0 aliphatic heterocycles. The van der Waals surface area contributed by atoms with Crippen LogP contribution < -0.4 is 22.3 Å². The molecule has 3 N–H and O–H groups in total. The number of pyridine rings is 1. The Balaban J connectivity index is 0.00000288. The van der Waals surface area contributed by atoms with E-state index < -0.39 is 16.8 Å². The van der Waals surface area contributed by atoms with E-state index in [1.807, 2.05) is 6.92 Å². The van der Waals surface area contributed by atoms with Crippen LogP contribution in [0.5, 0.6) is 0 Å². The Bertz CT molecular complexity index is 889. The van der Waals surface area contributed by atoms with E-state index in [9.17, 15) is 14.4 Å². The molecule has 0 bridgehead atoms. The first-order valence-corrected chi connectivity index (χ1v) is 7.35. The molecular formula is C15H23Cl2N5O3. The third-order valence-corrected chi connectivity index (χ3v) is 3.84. The molecular weight excluding hydrogens is 369 g/mol. The number of nitrogens with zero attached hydrogens (tertiary/aromatic N) is 3. The first-order chi connectivity index (χ1) is 10.7. The van der Waals surface area contributed by atoms with Gasteiger partial charge in [0.25, 0.3) is 5.56 Å². The van der Waals surface area contributed by atoms with E-state index in [0.717, 1.165) is 11.0 Å². The van der Waals surface area contributed by atoms with E-state index in [1.165, 1.54) is 30.9 Å². The van der Waals surface area contributed by atoms with Gasteiger partial charge in [-0.05, 0) is 19.4 Å². The van der Waals surface area contributed by atoms with Gasteiger partial charge in [0.1, 0.15) is 5.65 Å². The Morgan fingerprint density at radius 3 is 2.44 bits per heavy atom. The second kappa shape index (κ2) is 8.46. The van der Waals surface area contributed by atoms with Crippen LogP contribution in [-0.2, 0) is 18.9 Å². The van der Waals surface area contributed by atoms with Crippen molar-refractivity contribution in [1.82, 2.24) is 14.1 Å². The van der Waals surface area contributed by atoms with Gasteiger partial charge in [-0.1, -0.05) is 13.3 Å². The van der Waals surface area contributed by atoms with Gasteiger partial charge in [-0.25, -0.2) is 9.78 Å². The summed E-state index contributed by atoms with van der Waals surface area (Å²) in [6, 6.07) is 1.50. The summed E-state index contributed by atoms with van der Waals surface area (Å²) in [5, 5.41) is 2.93. The van der Waals surface area contributed by atoms with Crippen LogP contribution in [0.4, 0.5) is 5.69 Å². The largest absolute Gasteiger partial charge is 0.332 e. The lowest BCUT2D eigenvalue weighted by Gasteiger charge is -2.22. The lowest BCUT2D eigenvalue weighted by atomic mass is 9.96. The van der Waals surface area contributed by atoms with Gasteiger partial charge < -0.3 is 11.1 Å². The summed E-state index contributed by atoms with van der Waals surface area (Å²) < 4.78 is 2.28. The SMILES string of the molecule is CCCC(C)(N)C(=O)Nc1cnc2c(c1)c(=O)n(C)c(=O)n2C.Cl.Cl. The quantitative estimate of drug-likeness (QED) is 0.804. The molecule has 0 aliphatic carbocycles. The second-order valence-electron chi connectivity index (χ2n) is 5.92. The van der Waals surface area contributed by atoms with Crippen molar-refractivity contribution in [2.45, 2.75) is 32.2 Å². The molecule has 1 unspecified atom stereocenters. The minimum absolute atomic E-state index is 0. The number of halogens is 2. The van der Waals surface area contributed by atoms with E-state index in [0.29, 0.717) is 12.1 Å². The van der Waals surface area contributed by atoms with Crippen LogP contribution >= 0.6 is 24.8 Å². The number of carbonyl (C=O) groups is 1. The Kier molecular flexibility index (Phi) is 7.82. The zero-order chi connectivity index (χ0) is 17.4. The molecule has 8 nitrogen and oxygen atoms in total. The number of nitrogens with one attached hydrogen (secondary N) is 1. The predicted octanol–water partition coefficient (Wildman–Crippen LogP) is 0.932. The smallest absolute Gasteiger partial charge is 0.323 e. The molecule has 1 atom stereocenters. The van der Waals surface area contributed by atoms with Gasteiger partial charge in [0.05, 0.1) is 22.8 Å². The molecule has 140 valence electrons. The molecule has 2 heterocycles. The van der Waals surface area contributed by atoms with E-state index >= 15 is 0 Å². The standard InChI is InChI=1S/C15H21N5O3.2ClH/c1-5-6-15(2,16)13(22)18-9-7-10-11(17-8-9)19(3)14(23)20(4)12(10)21;;/h7-8H,5-6,16H2,1-4H3,(H,18,22);2*1H. The topological polar surface area (TPSA) is 112 Å². The van der Waals surface area contributed by atoms with E-state index in [2.05, 4.69) is 10.3 Å². The van der Waals surface area contributed by atoms with Gasteiger partial charge >= 0.3 is 5.69 Å². The summed E-state index contributed by atoms with van der Waals surface area (Å²) in [7, 11) is 2.93. The van der Waals surface area contributed by atoms with Crippen LogP contribution in [0, 0.1) is 0 Å². The van der Waals surface area contributed by atoms with Crippen LogP contribution in [-0.4, -0.2) is 25.6 Å². The number of rotatable bonds is 4. The van der Waals surface area contributed by atoms with Crippen LogP contribution in [0.25, 0.3) is 11.0 Å². The average Bonchev–Trinajstić information content (AvgIpc) is 2.50. The monoisotopic (exact) mass is 391 g/mol. The third-order valence-electron chi connectivity index (χ3n) is 3.84. The van der Waals surface area contributed by atoms with Crippen LogP contribution in [0.2, 0.25) is 0 Å². The zero-order valence-electron chi connectivity index (χ0n) is 14.5. The number of carbonyl (C=O) groups excluding carboxylic acids is 1. The van der Waals surface area contributed by atoms with Crippen molar-refractivity contribution in [1.29, 1.82) is 0 Å². The number of hydrogen-bond donors (Lipinski definition) is 2. The molecule has 2 aromatic heterocycles. The molecule has 0 aliphatic rings. The molecule has 0 radical (unpaired) electrons. The second-order valence-corrected chi connectivity index (χ2v) is 5.92. The summed E-state index contributed by atoms with van der Waals surface area (Å²) in [5.41, 5.74) is 4.70. The fraction of sp³-hybridized carbons (Fsp3) is 0.467. The number of aromatic nitrogens is 3. The number of amides is 1. The zero-order valence-corrected chi connectivity index (χ0v) is 16.2. The number of fused-ring (bicyclic) bond motifs is 1. The van der Waals surface area contributed by atoms with Gasteiger partial charge in [0.2, 0.25) is 5.91 Å². The van der Waals surface area contributed by atoms with Crippen LogP contribution in [0.3, 0.4) is 0 Å². The van der Waals surface area contributed by atoms with Crippen molar-refractivity contribution >= 4 is 47.4 Å². The summed E-state index contributed by atoms with van der Waals surface area (Å²) in [4.78, 5) is 40.4. The number of hydrogen-bond acceptors (Lipinski definition) is 5. The molecule has 1 amide bonds. The molecule has 10 heteroatoms. The van der Waals surface area contributed by atoms with Crippen LogP contribution in [0.15, 0.2) is 21.9 Å². The van der Waals surface area contributed by atoms with Crippen molar-refractivity contribution in [3.8, 4) is 0 Å². The normalized spacial score (nSPS) is 12.7. The number of nitrogens with two attached hydrogens (primary N) is 1. The van der Waals surface area contributed by atoms with E-state index in [4.69, 9.17) is 5.73 Å². The van der Waals surface area contributed by atoms with Gasteiger partial charge in [-0.15, -0.1) is 24.8 Å². The van der Waals surface area contributed by atoms with Gasteiger partial charge in [-0.3, -0.25) is 18.7 Å². The Morgan fingerprint density at radius 2 is 1.88 bits per heavy atom. The van der Waals surface area contributed by atoms with E-state index in [-0.39, 0.29) is 41.8 Å². The molecule has 25 heavy (non-hydrogen) atoms. The first kappa shape index (κ1) is 23.1. The minimum Gasteiger partial charge on any atom is -0.323 e. The lowest BCUT2D eigenvalue weighted by Crippen LogP contribution is -2.48. The molecule has 0 fully saturated rings. The summed E-state index contributed by atoms with van der Waals surface area (Å²) in [6.45, 7) is 3.60. The number of aryl methyl sites for hydroxylation is 1. The maximum Gasteiger partial charge on any atom is 0.332 e.